The summed E-state index contributed by atoms with van der Waals surface area (Å²) in [6, 6.07) is 9.19. The Hall–Kier alpha value is -1.42. The summed E-state index contributed by atoms with van der Waals surface area (Å²) < 4.78 is 4.37. The van der Waals surface area contributed by atoms with Crippen molar-refractivity contribution in [3.8, 4) is 0 Å². The Morgan fingerprint density at radius 3 is 3.00 bits per heavy atom. The molecule has 1 aliphatic carbocycles. The van der Waals surface area contributed by atoms with E-state index in [1.165, 1.54) is 35.5 Å². The number of aromatic nitrogens is 2. The molecular weight excluding hydrogens is 242 g/mol. The summed E-state index contributed by atoms with van der Waals surface area (Å²) >= 11 is 1.51. The zero-order valence-electron chi connectivity index (χ0n) is 10.8. The van der Waals surface area contributed by atoms with Crippen molar-refractivity contribution in [2.75, 3.05) is 11.9 Å². The first-order valence-electron chi connectivity index (χ1n) is 6.43. The van der Waals surface area contributed by atoms with E-state index in [0.29, 0.717) is 6.04 Å². The summed E-state index contributed by atoms with van der Waals surface area (Å²) in [6.45, 7) is 2.09. The molecule has 0 aliphatic heterocycles. The second-order valence-electron chi connectivity index (χ2n) is 4.71. The number of benzene rings is 1. The predicted octanol–water partition coefficient (Wildman–Crippen LogP) is 3.22. The number of nitrogens with zero attached hydrogens (tertiary/aromatic N) is 3. The van der Waals surface area contributed by atoms with Crippen molar-refractivity contribution >= 4 is 16.7 Å². The number of hydrogen-bond acceptors (Lipinski definition) is 4. The zero-order valence-corrected chi connectivity index (χ0v) is 11.6. The molecule has 3 rings (SSSR count). The minimum absolute atomic E-state index is 0.457. The molecule has 1 heterocycles. The SMILES string of the molecule is CCc1nsc(N(C)C2CCc3ccccc32)n1. The smallest absolute Gasteiger partial charge is 0.205 e. The molecule has 1 unspecified atom stereocenters. The highest BCUT2D eigenvalue weighted by Gasteiger charge is 2.27. The summed E-state index contributed by atoms with van der Waals surface area (Å²) in [4.78, 5) is 6.86. The highest BCUT2D eigenvalue weighted by Crippen LogP contribution is 2.37. The maximum atomic E-state index is 4.58. The zero-order chi connectivity index (χ0) is 12.5. The maximum Gasteiger partial charge on any atom is 0.205 e. The van der Waals surface area contributed by atoms with Gasteiger partial charge in [0.15, 0.2) is 0 Å². The van der Waals surface area contributed by atoms with E-state index in [1.54, 1.807) is 0 Å². The van der Waals surface area contributed by atoms with Crippen LogP contribution in [0.15, 0.2) is 24.3 Å². The molecule has 3 nitrogen and oxygen atoms in total. The van der Waals surface area contributed by atoms with Crippen LogP contribution < -0.4 is 4.90 Å². The largest absolute Gasteiger partial charge is 0.343 e. The Morgan fingerprint density at radius 1 is 1.39 bits per heavy atom. The normalized spacial score (nSPS) is 17.8. The molecule has 18 heavy (non-hydrogen) atoms. The first-order chi connectivity index (χ1) is 8.79. The van der Waals surface area contributed by atoms with Gasteiger partial charge in [-0.1, -0.05) is 31.2 Å². The van der Waals surface area contributed by atoms with Gasteiger partial charge in [0.05, 0.1) is 6.04 Å². The predicted molar refractivity (Wildman–Crippen MR) is 75.2 cm³/mol. The van der Waals surface area contributed by atoms with Crippen molar-refractivity contribution in [3.05, 3.63) is 41.2 Å². The minimum Gasteiger partial charge on any atom is -0.343 e. The Bertz CT molecular complexity index is 549. The lowest BCUT2D eigenvalue weighted by molar-refractivity contribution is 0.659. The van der Waals surface area contributed by atoms with E-state index >= 15 is 0 Å². The quantitative estimate of drug-likeness (QED) is 0.847. The molecule has 0 amide bonds. The maximum absolute atomic E-state index is 4.58. The van der Waals surface area contributed by atoms with E-state index in [0.717, 1.165) is 17.4 Å². The van der Waals surface area contributed by atoms with Crippen LogP contribution in [0, 0.1) is 0 Å². The van der Waals surface area contributed by atoms with Crippen molar-refractivity contribution in [1.29, 1.82) is 0 Å². The topological polar surface area (TPSA) is 29.0 Å². The van der Waals surface area contributed by atoms with E-state index in [2.05, 4.69) is 52.5 Å². The van der Waals surface area contributed by atoms with E-state index in [-0.39, 0.29) is 0 Å². The fourth-order valence-corrected chi connectivity index (χ4v) is 3.36. The van der Waals surface area contributed by atoms with Gasteiger partial charge in [0, 0.05) is 25.0 Å². The van der Waals surface area contributed by atoms with Crippen molar-refractivity contribution in [3.63, 3.8) is 0 Å². The van der Waals surface area contributed by atoms with Crippen molar-refractivity contribution < 1.29 is 0 Å². The summed E-state index contributed by atoms with van der Waals surface area (Å²) in [5.74, 6) is 0.952. The lowest BCUT2D eigenvalue weighted by atomic mass is 10.1. The van der Waals surface area contributed by atoms with Crippen LogP contribution in [0.2, 0.25) is 0 Å². The van der Waals surface area contributed by atoms with Gasteiger partial charge in [-0.2, -0.15) is 4.37 Å². The summed E-state index contributed by atoms with van der Waals surface area (Å²) in [7, 11) is 2.13. The van der Waals surface area contributed by atoms with Gasteiger partial charge in [-0.3, -0.25) is 0 Å². The van der Waals surface area contributed by atoms with Crippen molar-refractivity contribution in [1.82, 2.24) is 9.36 Å². The Balaban J connectivity index is 1.88. The highest BCUT2D eigenvalue weighted by atomic mass is 32.1. The van der Waals surface area contributed by atoms with Crippen molar-refractivity contribution in [2.24, 2.45) is 0 Å². The van der Waals surface area contributed by atoms with Gasteiger partial charge >= 0.3 is 0 Å². The number of rotatable bonds is 3. The molecule has 1 atom stereocenters. The van der Waals surface area contributed by atoms with Gasteiger partial charge in [0.1, 0.15) is 5.82 Å². The molecule has 1 aromatic carbocycles. The molecule has 2 aromatic rings. The van der Waals surface area contributed by atoms with E-state index < -0.39 is 0 Å². The highest BCUT2D eigenvalue weighted by molar-refractivity contribution is 7.09. The lowest BCUT2D eigenvalue weighted by Gasteiger charge is -2.24. The molecule has 0 N–H and O–H groups in total. The third-order valence-electron chi connectivity index (χ3n) is 3.64. The molecule has 0 saturated heterocycles. The molecule has 94 valence electrons. The molecule has 4 heteroatoms. The summed E-state index contributed by atoms with van der Waals surface area (Å²) in [5.41, 5.74) is 2.93. The average Bonchev–Trinajstić information content (AvgIpc) is 3.04. The van der Waals surface area contributed by atoms with Gasteiger partial charge in [0.2, 0.25) is 5.13 Å². The number of anilines is 1. The van der Waals surface area contributed by atoms with Gasteiger partial charge < -0.3 is 4.90 Å². The van der Waals surface area contributed by atoms with Crippen LogP contribution in [-0.4, -0.2) is 16.4 Å². The second-order valence-corrected chi connectivity index (χ2v) is 5.44. The van der Waals surface area contributed by atoms with Crippen LogP contribution in [0.1, 0.15) is 36.3 Å². The fraction of sp³-hybridized carbons (Fsp3) is 0.429. The Labute approximate surface area is 112 Å². The Morgan fingerprint density at radius 2 is 2.22 bits per heavy atom. The van der Waals surface area contributed by atoms with Crippen LogP contribution in [0.4, 0.5) is 5.13 Å². The third kappa shape index (κ3) is 1.90. The molecule has 0 radical (unpaired) electrons. The first-order valence-corrected chi connectivity index (χ1v) is 7.20. The number of aryl methyl sites for hydroxylation is 2. The monoisotopic (exact) mass is 259 g/mol. The molecular formula is C14H17N3S. The minimum atomic E-state index is 0.457. The molecule has 0 fully saturated rings. The second kappa shape index (κ2) is 4.69. The molecule has 1 aliphatic rings. The fourth-order valence-electron chi connectivity index (χ4n) is 2.60. The van der Waals surface area contributed by atoms with E-state index in [4.69, 9.17) is 0 Å². The van der Waals surface area contributed by atoms with Gasteiger partial charge in [-0.25, -0.2) is 4.98 Å². The van der Waals surface area contributed by atoms with Crippen LogP contribution in [0.5, 0.6) is 0 Å². The standard InChI is InChI=1S/C14H17N3S/c1-3-13-15-14(18-16-13)17(2)12-9-8-10-6-4-5-7-11(10)12/h4-7,12H,3,8-9H2,1-2H3. The Kier molecular flexibility index (Phi) is 3.04. The van der Waals surface area contributed by atoms with E-state index in [9.17, 15) is 0 Å². The molecule has 1 aromatic heterocycles. The molecule has 0 spiro atoms. The average molecular weight is 259 g/mol. The van der Waals surface area contributed by atoms with E-state index in [1.807, 2.05) is 0 Å². The number of hydrogen-bond donors (Lipinski definition) is 0. The van der Waals surface area contributed by atoms with Crippen LogP contribution in [0.25, 0.3) is 0 Å². The summed E-state index contributed by atoms with van der Waals surface area (Å²) in [6.07, 6.45) is 3.26. The number of fused-ring (bicyclic) bond motifs is 1. The molecule has 0 bridgehead atoms. The van der Waals surface area contributed by atoms with Crippen LogP contribution >= 0.6 is 11.5 Å². The first kappa shape index (κ1) is 11.7. The van der Waals surface area contributed by atoms with Gasteiger partial charge in [-0.15, -0.1) is 0 Å². The molecule has 0 saturated carbocycles. The van der Waals surface area contributed by atoms with Gasteiger partial charge in [-0.05, 0) is 24.0 Å². The van der Waals surface area contributed by atoms with Gasteiger partial charge in [0.25, 0.3) is 0 Å². The summed E-state index contributed by atoms with van der Waals surface area (Å²) in [5, 5.41) is 1.04. The third-order valence-corrected chi connectivity index (χ3v) is 4.49. The van der Waals surface area contributed by atoms with Crippen molar-refractivity contribution in [2.45, 2.75) is 32.2 Å². The van der Waals surface area contributed by atoms with Crippen LogP contribution in [-0.2, 0) is 12.8 Å². The lowest BCUT2D eigenvalue weighted by Crippen LogP contribution is -2.22. The van der Waals surface area contributed by atoms with Crippen LogP contribution in [0.3, 0.4) is 0 Å².